The van der Waals surface area contributed by atoms with Crippen molar-refractivity contribution in [1.82, 2.24) is 14.5 Å². The zero-order chi connectivity index (χ0) is 23.7. The van der Waals surface area contributed by atoms with Crippen molar-refractivity contribution in [3.8, 4) is 5.69 Å². The van der Waals surface area contributed by atoms with Crippen LogP contribution in [0.2, 0.25) is 5.02 Å². The zero-order valence-corrected chi connectivity index (χ0v) is 20.0. The number of hydrogen-bond donors (Lipinski definition) is 0. The molecule has 33 heavy (non-hydrogen) atoms. The molecule has 0 aliphatic heterocycles. The summed E-state index contributed by atoms with van der Waals surface area (Å²) in [6.45, 7) is 6.39. The molecule has 0 aliphatic rings. The van der Waals surface area contributed by atoms with Gasteiger partial charge in [0.15, 0.2) is 0 Å². The van der Waals surface area contributed by atoms with E-state index in [1.54, 1.807) is 29.2 Å². The molecule has 0 bridgehead atoms. The lowest BCUT2D eigenvalue weighted by molar-refractivity contribution is 0.0660. The topological polar surface area (TPSA) is 55.2 Å². The Bertz CT molecular complexity index is 1370. The first-order valence-corrected chi connectivity index (χ1v) is 11.8. The highest BCUT2D eigenvalue weighted by atomic mass is 35.5. The van der Waals surface area contributed by atoms with Gasteiger partial charge in [-0.05, 0) is 54.6 Å². The average Bonchev–Trinajstić information content (AvgIpc) is 3.33. The maximum Gasteiger partial charge on any atom is 0.266 e. The molecule has 0 N–H and O–H groups in total. The van der Waals surface area contributed by atoms with E-state index in [9.17, 15) is 14.0 Å². The number of aromatic nitrogens is 2. The van der Waals surface area contributed by atoms with Crippen molar-refractivity contribution in [3.63, 3.8) is 0 Å². The van der Waals surface area contributed by atoms with Crippen molar-refractivity contribution in [2.24, 2.45) is 5.92 Å². The Kier molecular flexibility index (Phi) is 6.63. The van der Waals surface area contributed by atoms with Gasteiger partial charge in [-0.1, -0.05) is 43.6 Å². The van der Waals surface area contributed by atoms with Crippen LogP contribution in [0.3, 0.4) is 0 Å². The lowest BCUT2D eigenvalue weighted by Crippen LogP contribution is -2.39. The van der Waals surface area contributed by atoms with Gasteiger partial charge in [-0.3, -0.25) is 14.2 Å². The quantitative estimate of drug-likeness (QED) is 0.333. The summed E-state index contributed by atoms with van der Waals surface area (Å²) < 4.78 is 15.3. The average molecular weight is 484 g/mol. The fraction of sp³-hybridized carbons (Fsp3) is 0.240. The molecule has 2 aromatic heterocycles. The third-order valence-corrected chi connectivity index (χ3v) is 6.51. The minimum atomic E-state index is -0.578. The Morgan fingerprint density at radius 1 is 1.15 bits per heavy atom. The van der Waals surface area contributed by atoms with E-state index in [4.69, 9.17) is 16.6 Å². The molecule has 0 saturated heterocycles. The van der Waals surface area contributed by atoms with Crippen LogP contribution in [0, 0.1) is 11.7 Å². The van der Waals surface area contributed by atoms with Crippen LogP contribution in [-0.4, -0.2) is 26.9 Å². The highest BCUT2D eigenvalue weighted by Crippen LogP contribution is 2.27. The number of fused-ring (bicyclic) bond motifs is 1. The van der Waals surface area contributed by atoms with Crippen molar-refractivity contribution >= 4 is 39.7 Å². The molecule has 2 heterocycles. The Morgan fingerprint density at radius 2 is 1.91 bits per heavy atom. The van der Waals surface area contributed by atoms with Gasteiger partial charge in [-0.15, -0.1) is 11.3 Å². The molecule has 0 fully saturated rings. The van der Waals surface area contributed by atoms with Crippen molar-refractivity contribution < 1.29 is 9.18 Å². The van der Waals surface area contributed by atoms with Crippen LogP contribution >= 0.6 is 22.9 Å². The fourth-order valence-electron chi connectivity index (χ4n) is 3.80. The lowest BCUT2D eigenvalue weighted by atomic mass is 10.1. The number of benzene rings is 2. The number of para-hydroxylation sites is 1. The molecule has 0 aliphatic carbocycles. The number of hydrogen-bond acceptors (Lipinski definition) is 4. The first-order chi connectivity index (χ1) is 15.8. The Hall–Kier alpha value is -3.03. The van der Waals surface area contributed by atoms with Gasteiger partial charge < -0.3 is 4.90 Å². The number of carbonyl (C=O) groups is 1. The maximum absolute atomic E-state index is 13.9. The summed E-state index contributed by atoms with van der Waals surface area (Å²) in [5.41, 5.74) is 0.611. The van der Waals surface area contributed by atoms with E-state index in [1.807, 2.05) is 38.3 Å². The summed E-state index contributed by atoms with van der Waals surface area (Å²) in [5.74, 6) is -0.132. The van der Waals surface area contributed by atoms with E-state index in [0.29, 0.717) is 33.8 Å². The standard InChI is InChI=1S/C25H23ClFN3O2S/c1-15(2)14-29(25(32)22-9-6-12-33-22)16(3)23-28-21-8-5-4-7-18(21)24(31)30(23)17-10-11-20(27)19(26)13-17/h4-13,15-16H,14H2,1-3H3. The van der Waals surface area contributed by atoms with E-state index in [2.05, 4.69) is 0 Å². The molecule has 5 nitrogen and oxygen atoms in total. The van der Waals surface area contributed by atoms with Crippen molar-refractivity contribution in [2.75, 3.05) is 6.54 Å². The predicted molar refractivity (Wildman–Crippen MR) is 131 cm³/mol. The van der Waals surface area contributed by atoms with Gasteiger partial charge in [-0.2, -0.15) is 0 Å². The van der Waals surface area contributed by atoms with Gasteiger partial charge in [0, 0.05) is 6.54 Å². The van der Waals surface area contributed by atoms with Crippen LogP contribution < -0.4 is 5.56 Å². The molecule has 170 valence electrons. The normalized spacial score (nSPS) is 12.3. The Labute approximate surface area is 200 Å². The van der Waals surface area contributed by atoms with E-state index in [0.717, 1.165) is 0 Å². The van der Waals surface area contributed by atoms with Crippen molar-refractivity contribution in [2.45, 2.75) is 26.8 Å². The number of nitrogens with zero attached hydrogens (tertiary/aromatic N) is 3. The van der Waals surface area contributed by atoms with Crippen LogP contribution in [-0.2, 0) is 0 Å². The van der Waals surface area contributed by atoms with Gasteiger partial charge in [0.25, 0.3) is 11.5 Å². The van der Waals surface area contributed by atoms with Crippen molar-refractivity contribution in [1.29, 1.82) is 0 Å². The molecule has 8 heteroatoms. The first-order valence-electron chi connectivity index (χ1n) is 10.6. The summed E-state index contributed by atoms with van der Waals surface area (Å²) >= 11 is 7.41. The van der Waals surface area contributed by atoms with E-state index < -0.39 is 11.9 Å². The van der Waals surface area contributed by atoms with Crippen LogP contribution in [0.15, 0.2) is 64.8 Å². The minimum Gasteiger partial charge on any atom is -0.328 e. The number of halogens is 2. The van der Waals surface area contributed by atoms with Gasteiger partial charge in [-0.25, -0.2) is 9.37 Å². The number of carbonyl (C=O) groups excluding carboxylic acids is 1. The molecule has 0 radical (unpaired) electrons. The second kappa shape index (κ2) is 9.45. The van der Waals surface area contributed by atoms with Crippen molar-refractivity contribution in [3.05, 3.63) is 91.9 Å². The summed E-state index contributed by atoms with van der Waals surface area (Å²) in [7, 11) is 0. The molecule has 1 amide bonds. The van der Waals surface area contributed by atoms with Gasteiger partial charge in [0.2, 0.25) is 0 Å². The number of thiophene rings is 1. The minimum absolute atomic E-state index is 0.0974. The SMILES string of the molecule is CC(C)CN(C(=O)c1cccs1)C(C)c1nc2ccccc2c(=O)n1-c1ccc(F)c(Cl)c1. The van der Waals surface area contributed by atoms with Crippen LogP contribution in [0.4, 0.5) is 4.39 Å². The molecular formula is C25H23ClFN3O2S. The summed E-state index contributed by atoms with van der Waals surface area (Å²) in [6.07, 6.45) is 0. The summed E-state index contributed by atoms with van der Waals surface area (Å²) in [5, 5.41) is 2.18. The largest absolute Gasteiger partial charge is 0.328 e. The van der Waals surface area contributed by atoms with Gasteiger partial charge >= 0.3 is 0 Å². The van der Waals surface area contributed by atoms with Gasteiger partial charge in [0.05, 0.1) is 32.5 Å². The Morgan fingerprint density at radius 3 is 2.58 bits per heavy atom. The maximum atomic E-state index is 13.9. The molecule has 0 saturated carbocycles. The molecular weight excluding hydrogens is 461 g/mol. The second-order valence-corrected chi connectivity index (χ2v) is 9.59. The highest BCUT2D eigenvalue weighted by Gasteiger charge is 2.28. The summed E-state index contributed by atoms with van der Waals surface area (Å²) in [6, 6.07) is 14.2. The third kappa shape index (κ3) is 4.56. The molecule has 4 rings (SSSR count). The zero-order valence-electron chi connectivity index (χ0n) is 18.5. The van der Waals surface area contributed by atoms with Crippen LogP contribution in [0.5, 0.6) is 0 Å². The van der Waals surface area contributed by atoms with Crippen LogP contribution in [0.25, 0.3) is 16.6 Å². The highest BCUT2D eigenvalue weighted by molar-refractivity contribution is 7.12. The lowest BCUT2D eigenvalue weighted by Gasteiger charge is -2.31. The smallest absolute Gasteiger partial charge is 0.266 e. The molecule has 0 spiro atoms. The summed E-state index contributed by atoms with van der Waals surface area (Å²) in [4.78, 5) is 34.1. The van der Waals surface area contributed by atoms with E-state index in [1.165, 1.54) is 34.1 Å². The van der Waals surface area contributed by atoms with Crippen LogP contribution in [0.1, 0.15) is 42.3 Å². The molecule has 4 aromatic rings. The van der Waals surface area contributed by atoms with Gasteiger partial charge in [0.1, 0.15) is 11.6 Å². The first kappa shape index (κ1) is 23.1. The monoisotopic (exact) mass is 483 g/mol. The number of amides is 1. The second-order valence-electron chi connectivity index (χ2n) is 8.23. The third-order valence-electron chi connectivity index (χ3n) is 5.36. The number of rotatable bonds is 6. The fourth-order valence-corrected chi connectivity index (χ4v) is 4.65. The Balaban J connectivity index is 1.94. The molecule has 1 atom stereocenters. The predicted octanol–water partition coefficient (Wildman–Crippen LogP) is 6.10. The van der Waals surface area contributed by atoms with E-state index >= 15 is 0 Å². The molecule has 1 unspecified atom stereocenters. The van der Waals surface area contributed by atoms with E-state index in [-0.39, 0.29) is 22.4 Å². The molecule has 2 aromatic carbocycles.